The Morgan fingerprint density at radius 1 is 1.47 bits per heavy atom. The molecule has 1 unspecified atom stereocenters. The molecule has 2 nitrogen and oxygen atoms in total. The second-order valence-electron chi connectivity index (χ2n) is 4.25. The van der Waals surface area contributed by atoms with Crippen molar-refractivity contribution in [3.63, 3.8) is 0 Å². The lowest BCUT2D eigenvalue weighted by Gasteiger charge is -2.05. The van der Waals surface area contributed by atoms with Crippen LogP contribution in [0.15, 0.2) is 18.2 Å². The maximum atomic E-state index is 5.67. The lowest BCUT2D eigenvalue weighted by atomic mass is 10.1. The van der Waals surface area contributed by atoms with E-state index in [1.54, 1.807) is 0 Å². The third-order valence-corrected chi connectivity index (χ3v) is 2.72. The van der Waals surface area contributed by atoms with E-state index in [0.717, 1.165) is 25.3 Å². The summed E-state index contributed by atoms with van der Waals surface area (Å²) in [7, 11) is 0. The van der Waals surface area contributed by atoms with E-state index < -0.39 is 0 Å². The number of nitrogens with one attached hydrogen (secondary N) is 1. The van der Waals surface area contributed by atoms with Crippen molar-refractivity contribution in [3.05, 3.63) is 29.3 Å². The first-order valence-electron chi connectivity index (χ1n) is 5.78. The molecule has 2 rings (SSSR count). The highest BCUT2D eigenvalue weighted by Crippen LogP contribution is 2.29. The minimum absolute atomic E-state index is 0.346. The van der Waals surface area contributed by atoms with Crippen molar-refractivity contribution in [1.29, 1.82) is 0 Å². The Balaban J connectivity index is 2.00. The first-order valence-corrected chi connectivity index (χ1v) is 5.78. The molecule has 0 fully saturated rings. The molecule has 1 aliphatic rings. The Kier molecular flexibility index (Phi) is 3.27. The fourth-order valence-electron chi connectivity index (χ4n) is 1.99. The van der Waals surface area contributed by atoms with Gasteiger partial charge in [-0.05, 0) is 37.1 Å². The van der Waals surface area contributed by atoms with Crippen LogP contribution >= 0.6 is 0 Å². The minimum atomic E-state index is 0.346. The first-order chi connectivity index (χ1) is 7.29. The van der Waals surface area contributed by atoms with Gasteiger partial charge in [-0.25, -0.2) is 0 Å². The Morgan fingerprint density at radius 2 is 2.33 bits per heavy atom. The molecule has 0 spiro atoms. The molecule has 0 amide bonds. The minimum Gasteiger partial charge on any atom is -0.490 e. The molecule has 0 bridgehead atoms. The average Bonchev–Trinajstić information content (AvgIpc) is 2.57. The third kappa shape index (κ3) is 2.51. The van der Waals surface area contributed by atoms with Crippen LogP contribution in [0.2, 0.25) is 0 Å². The smallest absolute Gasteiger partial charge is 0.123 e. The maximum Gasteiger partial charge on any atom is 0.123 e. The second-order valence-corrected chi connectivity index (χ2v) is 4.25. The predicted molar refractivity (Wildman–Crippen MR) is 62.2 cm³/mol. The quantitative estimate of drug-likeness (QED) is 0.763. The van der Waals surface area contributed by atoms with E-state index in [4.69, 9.17) is 4.74 Å². The topological polar surface area (TPSA) is 21.3 Å². The molecule has 1 aromatic carbocycles. The van der Waals surface area contributed by atoms with Crippen LogP contribution in [-0.2, 0) is 13.0 Å². The summed E-state index contributed by atoms with van der Waals surface area (Å²) in [5.41, 5.74) is 2.72. The van der Waals surface area contributed by atoms with E-state index in [2.05, 4.69) is 37.4 Å². The van der Waals surface area contributed by atoms with Gasteiger partial charge in [0.15, 0.2) is 0 Å². The van der Waals surface area contributed by atoms with Crippen molar-refractivity contribution < 1.29 is 4.74 Å². The molecule has 1 aliphatic heterocycles. The van der Waals surface area contributed by atoms with Crippen molar-refractivity contribution in [3.8, 4) is 5.75 Å². The van der Waals surface area contributed by atoms with Crippen LogP contribution in [0.4, 0.5) is 0 Å². The zero-order valence-corrected chi connectivity index (χ0v) is 9.55. The van der Waals surface area contributed by atoms with Gasteiger partial charge in [0.1, 0.15) is 11.9 Å². The molecule has 0 radical (unpaired) electrons. The molecular weight excluding hydrogens is 186 g/mol. The molecule has 1 atom stereocenters. The van der Waals surface area contributed by atoms with Crippen molar-refractivity contribution in [2.24, 2.45) is 0 Å². The molecule has 0 saturated carbocycles. The van der Waals surface area contributed by atoms with Crippen LogP contribution < -0.4 is 10.1 Å². The maximum absolute atomic E-state index is 5.67. The zero-order chi connectivity index (χ0) is 10.7. The predicted octanol–water partition coefficient (Wildman–Crippen LogP) is 2.51. The summed E-state index contributed by atoms with van der Waals surface area (Å²) in [6.45, 7) is 6.36. The summed E-state index contributed by atoms with van der Waals surface area (Å²) >= 11 is 0. The Morgan fingerprint density at radius 3 is 3.13 bits per heavy atom. The molecule has 0 aliphatic carbocycles. The van der Waals surface area contributed by atoms with Crippen molar-refractivity contribution in [2.75, 3.05) is 6.54 Å². The SMILES string of the molecule is CCCNCc1ccc2c(c1)CC(C)O2. The van der Waals surface area contributed by atoms with Crippen molar-refractivity contribution >= 4 is 0 Å². The number of fused-ring (bicyclic) bond motifs is 1. The van der Waals surface area contributed by atoms with E-state index in [9.17, 15) is 0 Å². The Bertz CT molecular complexity index is 335. The van der Waals surface area contributed by atoms with Crippen LogP contribution in [0.1, 0.15) is 31.4 Å². The fraction of sp³-hybridized carbons (Fsp3) is 0.538. The summed E-state index contributed by atoms with van der Waals surface area (Å²) in [5, 5.41) is 3.41. The van der Waals surface area contributed by atoms with E-state index in [-0.39, 0.29) is 0 Å². The average molecular weight is 205 g/mol. The summed E-state index contributed by atoms with van der Waals surface area (Å²) < 4.78 is 5.67. The highest BCUT2D eigenvalue weighted by Gasteiger charge is 2.18. The highest BCUT2D eigenvalue weighted by molar-refractivity contribution is 5.40. The zero-order valence-electron chi connectivity index (χ0n) is 9.55. The second kappa shape index (κ2) is 4.67. The molecule has 1 heterocycles. The largest absolute Gasteiger partial charge is 0.490 e. The van der Waals surface area contributed by atoms with E-state index in [1.807, 2.05) is 0 Å². The van der Waals surface area contributed by atoms with E-state index in [0.29, 0.717) is 6.10 Å². The van der Waals surface area contributed by atoms with Gasteiger partial charge in [0.25, 0.3) is 0 Å². The summed E-state index contributed by atoms with van der Waals surface area (Å²) in [5.74, 6) is 1.07. The van der Waals surface area contributed by atoms with Gasteiger partial charge in [0.2, 0.25) is 0 Å². The van der Waals surface area contributed by atoms with Crippen molar-refractivity contribution in [2.45, 2.75) is 39.3 Å². The fourth-order valence-corrected chi connectivity index (χ4v) is 1.99. The van der Waals surface area contributed by atoms with Gasteiger partial charge in [0.05, 0.1) is 0 Å². The molecule has 82 valence electrons. The van der Waals surface area contributed by atoms with E-state index in [1.165, 1.54) is 17.5 Å². The van der Waals surface area contributed by atoms with Gasteiger partial charge in [-0.15, -0.1) is 0 Å². The van der Waals surface area contributed by atoms with Crippen LogP contribution in [0.5, 0.6) is 5.75 Å². The Hall–Kier alpha value is -1.02. The molecule has 15 heavy (non-hydrogen) atoms. The molecular formula is C13H19NO. The number of ether oxygens (including phenoxy) is 1. The van der Waals surface area contributed by atoms with Crippen LogP contribution in [-0.4, -0.2) is 12.6 Å². The third-order valence-electron chi connectivity index (χ3n) is 2.72. The Labute approximate surface area is 91.6 Å². The van der Waals surface area contributed by atoms with Crippen LogP contribution in [0.3, 0.4) is 0 Å². The lowest BCUT2D eigenvalue weighted by molar-refractivity contribution is 0.254. The normalized spacial score (nSPS) is 18.7. The highest BCUT2D eigenvalue weighted by atomic mass is 16.5. The number of hydrogen-bond acceptors (Lipinski definition) is 2. The van der Waals surface area contributed by atoms with Gasteiger partial charge < -0.3 is 10.1 Å². The number of hydrogen-bond donors (Lipinski definition) is 1. The monoisotopic (exact) mass is 205 g/mol. The van der Waals surface area contributed by atoms with Crippen LogP contribution in [0.25, 0.3) is 0 Å². The van der Waals surface area contributed by atoms with Gasteiger partial charge in [0, 0.05) is 13.0 Å². The van der Waals surface area contributed by atoms with Crippen LogP contribution in [0, 0.1) is 0 Å². The number of rotatable bonds is 4. The summed E-state index contributed by atoms with van der Waals surface area (Å²) in [4.78, 5) is 0. The van der Waals surface area contributed by atoms with Gasteiger partial charge >= 0.3 is 0 Å². The van der Waals surface area contributed by atoms with Gasteiger partial charge in [-0.2, -0.15) is 0 Å². The molecule has 0 aromatic heterocycles. The first kappa shape index (κ1) is 10.5. The summed E-state index contributed by atoms with van der Waals surface area (Å²) in [6.07, 6.45) is 2.58. The molecule has 1 aromatic rings. The lowest BCUT2D eigenvalue weighted by Crippen LogP contribution is -2.13. The van der Waals surface area contributed by atoms with E-state index >= 15 is 0 Å². The number of benzene rings is 1. The molecule has 1 N–H and O–H groups in total. The van der Waals surface area contributed by atoms with Crippen molar-refractivity contribution in [1.82, 2.24) is 5.32 Å². The van der Waals surface area contributed by atoms with Gasteiger partial charge in [-0.1, -0.05) is 19.1 Å². The molecule has 2 heteroatoms. The summed E-state index contributed by atoms with van der Waals surface area (Å²) in [6, 6.07) is 6.52. The molecule has 0 saturated heterocycles. The van der Waals surface area contributed by atoms with Gasteiger partial charge in [-0.3, -0.25) is 0 Å². The standard InChI is InChI=1S/C13H19NO/c1-3-6-14-9-11-4-5-13-12(8-11)7-10(2)15-13/h4-5,8,10,14H,3,6-7,9H2,1-2H3.